The van der Waals surface area contributed by atoms with Gasteiger partial charge in [0.2, 0.25) is 0 Å². The molecule has 19 heavy (non-hydrogen) atoms. The fraction of sp³-hybridized carbons (Fsp3) is 0.286. The van der Waals surface area contributed by atoms with Crippen LogP contribution in [-0.2, 0) is 12.8 Å². The summed E-state index contributed by atoms with van der Waals surface area (Å²) in [5, 5.41) is 9.90. The molecule has 2 aromatic rings. The van der Waals surface area contributed by atoms with Crippen LogP contribution in [0.5, 0.6) is 5.75 Å². The summed E-state index contributed by atoms with van der Waals surface area (Å²) in [4.78, 5) is 16.1. The number of nitrogens with zero attached hydrogens (tertiary/aromatic N) is 1. The number of rotatable bonds is 5. The molecule has 0 fully saturated rings. The van der Waals surface area contributed by atoms with Gasteiger partial charge in [0.15, 0.2) is 5.69 Å². The SMILES string of the molecule is CCc1sc(Cc2ccc(OC)cc2)nc1C(=O)O. The largest absolute Gasteiger partial charge is 0.497 e. The Labute approximate surface area is 115 Å². The molecule has 2 rings (SSSR count). The van der Waals surface area contributed by atoms with Crippen molar-refractivity contribution >= 4 is 17.3 Å². The third-order valence-corrected chi connectivity index (χ3v) is 3.98. The molecule has 0 saturated heterocycles. The first-order valence-corrected chi connectivity index (χ1v) is 6.80. The van der Waals surface area contributed by atoms with Gasteiger partial charge in [0, 0.05) is 11.3 Å². The molecular weight excluding hydrogens is 262 g/mol. The average molecular weight is 277 g/mol. The molecule has 0 unspecified atom stereocenters. The Kier molecular flexibility index (Phi) is 4.16. The minimum Gasteiger partial charge on any atom is -0.497 e. The standard InChI is InChI=1S/C14H15NO3S/c1-3-11-13(14(16)17)15-12(19-11)8-9-4-6-10(18-2)7-5-9/h4-7H,3,8H2,1-2H3,(H,16,17). The molecule has 100 valence electrons. The summed E-state index contributed by atoms with van der Waals surface area (Å²) in [5.41, 5.74) is 1.28. The van der Waals surface area contributed by atoms with Crippen molar-refractivity contribution in [3.05, 3.63) is 45.4 Å². The molecule has 1 heterocycles. The highest BCUT2D eigenvalue weighted by atomic mass is 32.1. The van der Waals surface area contributed by atoms with E-state index in [9.17, 15) is 4.79 Å². The lowest BCUT2D eigenvalue weighted by molar-refractivity contribution is 0.0690. The van der Waals surface area contributed by atoms with Crippen LogP contribution in [-0.4, -0.2) is 23.2 Å². The summed E-state index contributed by atoms with van der Waals surface area (Å²) in [6, 6.07) is 7.71. The molecule has 1 aromatic carbocycles. The van der Waals surface area contributed by atoms with E-state index in [2.05, 4.69) is 4.98 Å². The molecule has 0 aliphatic carbocycles. The number of carbonyl (C=O) groups is 1. The van der Waals surface area contributed by atoms with Crippen molar-refractivity contribution in [3.8, 4) is 5.75 Å². The van der Waals surface area contributed by atoms with Crippen molar-refractivity contribution in [3.63, 3.8) is 0 Å². The number of aryl methyl sites for hydroxylation is 1. The number of aromatic carboxylic acids is 1. The Morgan fingerprint density at radius 3 is 2.53 bits per heavy atom. The normalized spacial score (nSPS) is 10.4. The van der Waals surface area contributed by atoms with Crippen LogP contribution in [0.3, 0.4) is 0 Å². The summed E-state index contributed by atoms with van der Waals surface area (Å²) < 4.78 is 5.10. The number of hydrogen-bond acceptors (Lipinski definition) is 4. The zero-order valence-electron chi connectivity index (χ0n) is 10.8. The van der Waals surface area contributed by atoms with Crippen molar-refractivity contribution in [1.29, 1.82) is 0 Å². The van der Waals surface area contributed by atoms with Gasteiger partial charge >= 0.3 is 5.97 Å². The van der Waals surface area contributed by atoms with Crippen LogP contribution in [0, 0.1) is 0 Å². The maximum absolute atomic E-state index is 11.1. The Morgan fingerprint density at radius 2 is 2.05 bits per heavy atom. The van der Waals surface area contributed by atoms with E-state index in [-0.39, 0.29) is 5.69 Å². The maximum Gasteiger partial charge on any atom is 0.355 e. The molecule has 5 heteroatoms. The van der Waals surface area contributed by atoms with Gasteiger partial charge in [-0.15, -0.1) is 11.3 Å². The van der Waals surface area contributed by atoms with Gasteiger partial charge in [-0.3, -0.25) is 0 Å². The highest BCUT2D eigenvalue weighted by Gasteiger charge is 2.15. The van der Waals surface area contributed by atoms with Gasteiger partial charge in [-0.05, 0) is 24.1 Å². The van der Waals surface area contributed by atoms with Crippen molar-refractivity contribution < 1.29 is 14.6 Å². The smallest absolute Gasteiger partial charge is 0.355 e. The van der Waals surface area contributed by atoms with Gasteiger partial charge in [-0.25, -0.2) is 9.78 Å². The number of aromatic nitrogens is 1. The molecule has 0 saturated carbocycles. The van der Waals surface area contributed by atoms with Crippen molar-refractivity contribution in [1.82, 2.24) is 4.98 Å². The lowest BCUT2D eigenvalue weighted by Crippen LogP contribution is -2.00. The van der Waals surface area contributed by atoms with Gasteiger partial charge in [0.05, 0.1) is 12.1 Å². The van der Waals surface area contributed by atoms with E-state index in [4.69, 9.17) is 9.84 Å². The monoisotopic (exact) mass is 277 g/mol. The van der Waals surface area contributed by atoms with Crippen LogP contribution in [0.2, 0.25) is 0 Å². The Hall–Kier alpha value is -1.88. The van der Waals surface area contributed by atoms with E-state index in [0.29, 0.717) is 12.8 Å². The molecule has 0 spiro atoms. The summed E-state index contributed by atoms with van der Waals surface area (Å²) in [7, 11) is 1.63. The summed E-state index contributed by atoms with van der Waals surface area (Å²) in [6.07, 6.45) is 1.34. The highest BCUT2D eigenvalue weighted by Crippen LogP contribution is 2.22. The zero-order valence-corrected chi connectivity index (χ0v) is 11.7. The molecule has 0 bridgehead atoms. The first-order valence-electron chi connectivity index (χ1n) is 5.98. The lowest BCUT2D eigenvalue weighted by atomic mass is 10.1. The molecule has 0 atom stereocenters. The third kappa shape index (κ3) is 3.12. The number of carboxylic acids is 1. The van der Waals surface area contributed by atoms with Gasteiger partial charge in [0.1, 0.15) is 5.75 Å². The Balaban J connectivity index is 2.20. The summed E-state index contributed by atoms with van der Waals surface area (Å²) in [5.74, 6) is -0.141. The molecule has 1 N–H and O–H groups in total. The minimum absolute atomic E-state index is 0.191. The van der Waals surface area contributed by atoms with E-state index >= 15 is 0 Å². The molecule has 4 nitrogen and oxygen atoms in total. The molecule has 1 aromatic heterocycles. The predicted molar refractivity (Wildman–Crippen MR) is 74.3 cm³/mol. The molecule has 0 radical (unpaired) electrons. The van der Waals surface area contributed by atoms with Gasteiger partial charge in [-0.2, -0.15) is 0 Å². The number of hydrogen-bond donors (Lipinski definition) is 1. The van der Waals surface area contributed by atoms with Gasteiger partial charge in [-0.1, -0.05) is 19.1 Å². The number of thiazole rings is 1. The Bertz CT molecular complexity index is 575. The topological polar surface area (TPSA) is 59.4 Å². The van der Waals surface area contributed by atoms with Crippen LogP contribution < -0.4 is 4.74 Å². The lowest BCUT2D eigenvalue weighted by Gasteiger charge is -2.01. The van der Waals surface area contributed by atoms with Gasteiger partial charge in [0.25, 0.3) is 0 Å². The maximum atomic E-state index is 11.1. The second-order valence-corrected chi connectivity index (χ2v) is 5.23. The molecule has 0 aliphatic heterocycles. The van der Waals surface area contributed by atoms with Crippen LogP contribution in [0.25, 0.3) is 0 Å². The Morgan fingerprint density at radius 1 is 1.37 bits per heavy atom. The third-order valence-electron chi connectivity index (χ3n) is 2.78. The number of methoxy groups -OCH3 is 1. The van der Waals surface area contributed by atoms with E-state index in [0.717, 1.165) is 21.2 Å². The minimum atomic E-state index is -0.950. The second-order valence-electron chi connectivity index (χ2n) is 4.06. The first kappa shape index (κ1) is 13.5. The van der Waals surface area contributed by atoms with Crippen molar-refractivity contribution in [2.75, 3.05) is 7.11 Å². The average Bonchev–Trinajstić information content (AvgIpc) is 2.83. The number of benzene rings is 1. The predicted octanol–water partition coefficient (Wildman–Crippen LogP) is 3.00. The summed E-state index contributed by atoms with van der Waals surface area (Å²) in [6.45, 7) is 1.94. The van der Waals surface area contributed by atoms with E-state index in [1.54, 1.807) is 7.11 Å². The fourth-order valence-corrected chi connectivity index (χ4v) is 2.83. The van der Waals surface area contributed by atoms with Gasteiger partial charge < -0.3 is 9.84 Å². The van der Waals surface area contributed by atoms with E-state index < -0.39 is 5.97 Å². The summed E-state index contributed by atoms with van der Waals surface area (Å²) >= 11 is 1.47. The van der Waals surface area contributed by atoms with Crippen molar-refractivity contribution in [2.24, 2.45) is 0 Å². The zero-order chi connectivity index (χ0) is 13.8. The molecular formula is C14H15NO3S. The van der Waals surface area contributed by atoms with E-state index in [1.165, 1.54) is 11.3 Å². The van der Waals surface area contributed by atoms with Crippen LogP contribution in [0.1, 0.15) is 32.9 Å². The quantitative estimate of drug-likeness (QED) is 0.912. The first-order chi connectivity index (χ1) is 9.13. The van der Waals surface area contributed by atoms with E-state index in [1.807, 2.05) is 31.2 Å². The van der Waals surface area contributed by atoms with Crippen LogP contribution in [0.4, 0.5) is 0 Å². The molecule has 0 aliphatic rings. The second kappa shape index (κ2) is 5.84. The molecule has 0 amide bonds. The van der Waals surface area contributed by atoms with Crippen LogP contribution >= 0.6 is 11.3 Å². The number of carboxylic acid groups (broad SMARTS) is 1. The van der Waals surface area contributed by atoms with Crippen molar-refractivity contribution in [2.45, 2.75) is 19.8 Å². The highest BCUT2D eigenvalue weighted by molar-refractivity contribution is 7.11. The number of ether oxygens (including phenoxy) is 1. The van der Waals surface area contributed by atoms with Crippen LogP contribution in [0.15, 0.2) is 24.3 Å². The fourth-order valence-electron chi connectivity index (χ4n) is 1.80.